The van der Waals surface area contributed by atoms with Crippen molar-refractivity contribution in [2.75, 3.05) is 0 Å². The van der Waals surface area contributed by atoms with Crippen molar-refractivity contribution in [3.63, 3.8) is 0 Å². The zero-order chi connectivity index (χ0) is 7.56. The summed E-state index contributed by atoms with van der Waals surface area (Å²) >= 11 is 0. The van der Waals surface area contributed by atoms with Crippen molar-refractivity contribution < 1.29 is 5.21 Å². The second-order valence-electron chi connectivity index (χ2n) is 3.10. The van der Waals surface area contributed by atoms with Crippen LogP contribution in [-0.2, 0) is 0 Å². The monoisotopic (exact) mass is 139 g/mol. The van der Waals surface area contributed by atoms with Crippen LogP contribution < -0.4 is 0 Å². The molecule has 0 saturated heterocycles. The molecule has 0 radical (unpaired) electrons. The summed E-state index contributed by atoms with van der Waals surface area (Å²) in [5, 5.41) is 11.7. The Kier molecular flexibility index (Phi) is 2.10. The molecule has 0 fully saturated rings. The minimum Gasteiger partial charge on any atom is -0.411 e. The number of oxime groups is 1. The highest BCUT2D eigenvalue weighted by Crippen LogP contribution is 2.20. The van der Waals surface area contributed by atoms with Crippen molar-refractivity contribution in [2.45, 2.75) is 26.7 Å². The minimum absolute atomic E-state index is 0.635. The third-order valence-electron chi connectivity index (χ3n) is 1.77. The maximum Gasteiger partial charge on any atom is 0.0797 e. The van der Waals surface area contributed by atoms with E-state index in [2.05, 4.69) is 19.0 Å². The standard InChI is InChI=1S/C8H13NO/c1-6-3-7(2)5-8(4-6)9-10/h4,7,10H,3,5H2,1-2H3/b9-8-. The average Bonchev–Trinajstić information content (AvgIpc) is 1.85. The average molecular weight is 139 g/mol. The van der Waals surface area contributed by atoms with E-state index in [0.717, 1.165) is 18.6 Å². The van der Waals surface area contributed by atoms with Gasteiger partial charge in [0.25, 0.3) is 0 Å². The third kappa shape index (κ3) is 1.59. The van der Waals surface area contributed by atoms with Crippen LogP contribution in [0.3, 0.4) is 0 Å². The number of nitrogens with zero attached hydrogens (tertiary/aromatic N) is 1. The molecular weight excluding hydrogens is 126 g/mol. The molecule has 2 nitrogen and oxygen atoms in total. The molecule has 0 aromatic carbocycles. The maximum absolute atomic E-state index is 8.47. The van der Waals surface area contributed by atoms with Crippen LogP contribution in [0.25, 0.3) is 0 Å². The van der Waals surface area contributed by atoms with Crippen LogP contribution in [-0.4, -0.2) is 10.9 Å². The molecule has 10 heavy (non-hydrogen) atoms. The van der Waals surface area contributed by atoms with E-state index in [1.54, 1.807) is 0 Å². The summed E-state index contributed by atoms with van der Waals surface area (Å²) in [7, 11) is 0. The fourth-order valence-electron chi connectivity index (χ4n) is 1.45. The van der Waals surface area contributed by atoms with Crippen LogP contribution in [0.2, 0.25) is 0 Å². The van der Waals surface area contributed by atoms with Crippen LogP contribution in [0.4, 0.5) is 0 Å². The van der Waals surface area contributed by atoms with Crippen molar-refractivity contribution >= 4 is 5.71 Å². The van der Waals surface area contributed by atoms with Crippen molar-refractivity contribution in [3.05, 3.63) is 11.6 Å². The van der Waals surface area contributed by atoms with Gasteiger partial charge >= 0.3 is 0 Å². The first-order valence-corrected chi connectivity index (χ1v) is 3.60. The molecule has 1 aliphatic carbocycles. The van der Waals surface area contributed by atoms with Gasteiger partial charge in [-0.05, 0) is 31.8 Å². The molecule has 1 aliphatic rings. The molecule has 0 spiro atoms. The van der Waals surface area contributed by atoms with E-state index in [9.17, 15) is 0 Å². The molecule has 0 saturated carbocycles. The lowest BCUT2D eigenvalue weighted by molar-refractivity contribution is 0.316. The highest BCUT2D eigenvalue weighted by Gasteiger charge is 2.12. The Labute approximate surface area is 61.2 Å². The first-order valence-electron chi connectivity index (χ1n) is 3.60. The number of allylic oxidation sites excluding steroid dienone is 2. The zero-order valence-electron chi connectivity index (χ0n) is 6.46. The van der Waals surface area contributed by atoms with Gasteiger partial charge in [-0.1, -0.05) is 17.7 Å². The molecule has 0 aliphatic heterocycles. The smallest absolute Gasteiger partial charge is 0.0797 e. The fourth-order valence-corrected chi connectivity index (χ4v) is 1.45. The number of rotatable bonds is 0. The van der Waals surface area contributed by atoms with Gasteiger partial charge in [-0.15, -0.1) is 0 Å². The highest BCUT2D eigenvalue weighted by atomic mass is 16.4. The first kappa shape index (κ1) is 7.32. The minimum atomic E-state index is 0.635. The lowest BCUT2D eigenvalue weighted by atomic mass is 9.90. The van der Waals surface area contributed by atoms with Crippen LogP contribution in [0.15, 0.2) is 16.8 Å². The van der Waals surface area contributed by atoms with Gasteiger partial charge in [-0.25, -0.2) is 0 Å². The van der Waals surface area contributed by atoms with E-state index in [0.29, 0.717) is 5.92 Å². The quantitative estimate of drug-likeness (QED) is 0.405. The summed E-state index contributed by atoms with van der Waals surface area (Å²) in [6, 6.07) is 0. The predicted molar refractivity (Wildman–Crippen MR) is 41.4 cm³/mol. The van der Waals surface area contributed by atoms with Gasteiger partial charge in [0.05, 0.1) is 5.71 Å². The molecule has 1 atom stereocenters. The lowest BCUT2D eigenvalue weighted by Gasteiger charge is -2.16. The van der Waals surface area contributed by atoms with Gasteiger partial charge in [-0.2, -0.15) is 0 Å². The maximum atomic E-state index is 8.47. The molecule has 0 heterocycles. The van der Waals surface area contributed by atoms with E-state index < -0.39 is 0 Å². The number of hydrogen-bond acceptors (Lipinski definition) is 2. The SMILES string of the molecule is CC1=C/C(=N/O)CC(C)C1. The number of hydrogen-bond donors (Lipinski definition) is 1. The molecule has 0 bridgehead atoms. The van der Waals surface area contributed by atoms with Crippen molar-refractivity contribution in [3.8, 4) is 0 Å². The predicted octanol–water partition coefficient (Wildman–Crippen LogP) is 2.19. The summed E-state index contributed by atoms with van der Waals surface area (Å²) in [6.45, 7) is 4.24. The van der Waals surface area contributed by atoms with Crippen LogP contribution in [0, 0.1) is 5.92 Å². The van der Waals surface area contributed by atoms with Gasteiger partial charge in [-0.3, -0.25) is 0 Å². The Balaban J connectivity index is 2.73. The van der Waals surface area contributed by atoms with Gasteiger partial charge < -0.3 is 5.21 Å². The molecule has 0 aromatic rings. The van der Waals surface area contributed by atoms with Gasteiger partial charge in [0.2, 0.25) is 0 Å². The Morgan fingerprint density at radius 1 is 1.60 bits per heavy atom. The normalized spacial score (nSPS) is 30.4. The summed E-state index contributed by atoms with van der Waals surface area (Å²) < 4.78 is 0. The van der Waals surface area contributed by atoms with Gasteiger partial charge in [0, 0.05) is 0 Å². The van der Waals surface area contributed by atoms with Gasteiger partial charge in [0.15, 0.2) is 0 Å². The van der Waals surface area contributed by atoms with Gasteiger partial charge in [0.1, 0.15) is 0 Å². The molecule has 0 aromatic heterocycles. The summed E-state index contributed by atoms with van der Waals surface area (Å²) in [4.78, 5) is 0. The van der Waals surface area contributed by atoms with E-state index >= 15 is 0 Å². The van der Waals surface area contributed by atoms with E-state index in [4.69, 9.17) is 5.21 Å². The second-order valence-corrected chi connectivity index (χ2v) is 3.10. The third-order valence-corrected chi connectivity index (χ3v) is 1.77. The van der Waals surface area contributed by atoms with Crippen molar-refractivity contribution in [2.24, 2.45) is 11.1 Å². The Morgan fingerprint density at radius 2 is 2.30 bits per heavy atom. The Hall–Kier alpha value is -0.790. The largest absolute Gasteiger partial charge is 0.411 e. The molecule has 1 N–H and O–H groups in total. The molecule has 1 unspecified atom stereocenters. The fraction of sp³-hybridized carbons (Fsp3) is 0.625. The van der Waals surface area contributed by atoms with Crippen LogP contribution in [0.5, 0.6) is 0 Å². The lowest BCUT2D eigenvalue weighted by Crippen LogP contribution is -2.10. The Morgan fingerprint density at radius 3 is 2.80 bits per heavy atom. The molecule has 0 amide bonds. The van der Waals surface area contributed by atoms with Crippen LogP contribution >= 0.6 is 0 Å². The zero-order valence-corrected chi connectivity index (χ0v) is 6.46. The van der Waals surface area contributed by atoms with E-state index in [-0.39, 0.29) is 0 Å². The molecule has 2 heteroatoms. The van der Waals surface area contributed by atoms with E-state index in [1.165, 1.54) is 5.57 Å². The first-order chi connectivity index (χ1) is 4.72. The molecule has 1 rings (SSSR count). The van der Waals surface area contributed by atoms with E-state index in [1.807, 2.05) is 6.08 Å². The van der Waals surface area contributed by atoms with Crippen molar-refractivity contribution in [1.29, 1.82) is 0 Å². The highest BCUT2D eigenvalue weighted by molar-refractivity contribution is 5.95. The summed E-state index contributed by atoms with van der Waals surface area (Å²) in [6.07, 6.45) is 4.01. The second kappa shape index (κ2) is 2.86. The summed E-state index contributed by atoms with van der Waals surface area (Å²) in [5.41, 5.74) is 2.13. The topological polar surface area (TPSA) is 32.6 Å². The van der Waals surface area contributed by atoms with Crippen molar-refractivity contribution in [1.82, 2.24) is 0 Å². The summed E-state index contributed by atoms with van der Waals surface area (Å²) in [5.74, 6) is 0.635. The molecular formula is C8H13NO. The van der Waals surface area contributed by atoms with Crippen LogP contribution in [0.1, 0.15) is 26.7 Å². The Bertz CT molecular complexity index is 182. The molecule has 56 valence electrons.